The van der Waals surface area contributed by atoms with Gasteiger partial charge in [0.1, 0.15) is 11.6 Å². The molecule has 1 aliphatic rings. The van der Waals surface area contributed by atoms with Crippen LogP contribution in [0.15, 0.2) is 53.6 Å². The summed E-state index contributed by atoms with van der Waals surface area (Å²) < 4.78 is 28.7. The molecule has 0 radical (unpaired) electrons. The van der Waals surface area contributed by atoms with E-state index in [1.165, 1.54) is 12.1 Å². The second-order valence-corrected chi connectivity index (χ2v) is 6.87. The predicted octanol–water partition coefficient (Wildman–Crippen LogP) is 4.29. The number of nitrogens with zero attached hydrogens (tertiary/aromatic N) is 1. The molecule has 130 valence electrons. The number of thioether (sulfide) groups is 1. The van der Waals surface area contributed by atoms with Crippen molar-refractivity contribution >= 4 is 39.9 Å². The minimum Gasteiger partial charge on any atom is -0.343 e. The first kappa shape index (κ1) is 16.5. The smallest absolute Gasteiger partial charge is 0.290 e. The molecule has 1 N–H and O–H groups in total. The van der Waals surface area contributed by atoms with Crippen molar-refractivity contribution in [3.63, 3.8) is 0 Å². The van der Waals surface area contributed by atoms with Gasteiger partial charge >= 0.3 is 0 Å². The van der Waals surface area contributed by atoms with Gasteiger partial charge in [-0.3, -0.25) is 14.9 Å². The molecule has 1 saturated heterocycles. The second kappa shape index (κ2) is 6.42. The van der Waals surface area contributed by atoms with Gasteiger partial charge in [-0.05, 0) is 53.2 Å². The van der Waals surface area contributed by atoms with Crippen molar-refractivity contribution in [1.82, 2.24) is 9.88 Å². The van der Waals surface area contributed by atoms with E-state index in [-0.39, 0.29) is 5.24 Å². The number of imide groups is 1. The van der Waals surface area contributed by atoms with Gasteiger partial charge in [-0.1, -0.05) is 12.1 Å². The summed E-state index contributed by atoms with van der Waals surface area (Å²) in [6, 6.07) is 10.9. The van der Waals surface area contributed by atoms with Crippen LogP contribution < -0.4 is 5.32 Å². The lowest BCUT2D eigenvalue weighted by atomic mass is 10.1. The van der Waals surface area contributed by atoms with Crippen LogP contribution in [-0.4, -0.2) is 15.7 Å². The van der Waals surface area contributed by atoms with Gasteiger partial charge in [0, 0.05) is 29.7 Å². The van der Waals surface area contributed by atoms with Gasteiger partial charge in [0.15, 0.2) is 0 Å². The molecular weight excluding hydrogens is 358 g/mol. The summed E-state index contributed by atoms with van der Waals surface area (Å²) in [4.78, 5) is 23.4. The summed E-state index contributed by atoms with van der Waals surface area (Å²) in [7, 11) is 0. The molecule has 7 heteroatoms. The van der Waals surface area contributed by atoms with Crippen LogP contribution in [-0.2, 0) is 11.3 Å². The average Bonchev–Trinajstić information content (AvgIpc) is 3.11. The minimum absolute atomic E-state index is 0.311. The number of hydrogen-bond donors (Lipinski definition) is 1. The van der Waals surface area contributed by atoms with Crippen LogP contribution in [0.3, 0.4) is 0 Å². The Morgan fingerprint density at radius 2 is 1.85 bits per heavy atom. The van der Waals surface area contributed by atoms with Crippen molar-refractivity contribution in [1.29, 1.82) is 0 Å². The van der Waals surface area contributed by atoms with Crippen LogP contribution in [0.25, 0.3) is 17.0 Å². The molecule has 2 amide bonds. The Labute approximate surface area is 151 Å². The molecule has 26 heavy (non-hydrogen) atoms. The van der Waals surface area contributed by atoms with Crippen molar-refractivity contribution in [3.8, 4) is 0 Å². The number of carbonyl (C=O) groups is 2. The maximum atomic E-state index is 13.4. The largest absolute Gasteiger partial charge is 0.343 e. The topological polar surface area (TPSA) is 51.1 Å². The zero-order valence-electron chi connectivity index (χ0n) is 13.3. The Balaban J connectivity index is 1.72. The first-order valence-electron chi connectivity index (χ1n) is 7.77. The fourth-order valence-corrected chi connectivity index (χ4v) is 3.65. The maximum absolute atomic E-state index is 13.4. The normalized spacial score (nSPS) is 15.8. The molecule has 1 fully saturated rings. The number of halogens is 2. The lowest BCUT2D eigenvalue weighted by Gasteiger charge is -2.07. The van der Waals surface area contributed by atoms with Crippen molar-refractivity contribution in [2.75, 3.05) is 0 Å². The molecule has 4 rings (SSSR count). The summed E-state index contributed by atoms with van der Waals surface area (Å²) in [6.45, 7) is 0.311. The van der Waals surface area contributed by atoms with Crippen molar-refractivity contribution < 1.29 is 18.4 Å². The SMILES string of the molecule is O=C1NC(=O)C(=Cc2cccc3c2ccn3Cc2cc(F)cc(F)c2)S1. The fraction of sp³-hybridized carbons (Fsp3) is 0.0526. The number of benzene rings is 2. The van der Waals surface area contributed by atoms with Crippen LogP contribution in [0.2, 0.25) is 0 Å². The van der Waals surface area contributed by atoms with E-state index in [0.29, 0.717) is 17.0 Å². The molecule has 1 aromatic heterocycles. The lowest BCUT2D eigenvalue weighted by molar-refractivity contribution is -0.115. The van der Waals surface area contributed by atoms with Crippen molar-refractivity contribution in [3.05, 3.63) is 76.3 Å². The van der Waals surface area contributed by atoms with E-state index in [9.17, 15) is 18.4 Å². The molecule has 0 bridgehead atoms. The average molecular weight is 370 g/mol. The molecule has 0 saturated carbocycles. The number of carbonyl (C=O) groups excluding carboxylic acids is 2. The molecule has 4 nitrogen and oxygen atoms in total. The molecule has 0 spiro atoms. The highest BCUT2D eigenvalue weighted by Gasteiger charge is 2.25. The van der Waals surface area contributed by atoms with Crippen molar-refractivity contribution in [2.24, 2.45) is 0 Å². The van der Waals surface area contributed by atoms with E-state index in [0.717, 1.165) is 34.3 Å². The Kier molecular flexibility index (Phi) is 4.08. The highest BCUT2D eigenvalue weighted by atomic mass is 32.2. The molecule has 2 aromatic carbocycles. The third kappa shape index (κ3) is 3.13. The summed E-state index contributed by atoms with van der Waals surface area (Å²) in [5.41, 5.74) is 2.16. The van der Waals surface area contributed by atoms with E-state index in [4.69, 9.17) is 0 Å². The van der Waals surface area contributed by atoms with Crippen molar-refractivity contribution in [2.45, 2.75) is 6.54 Å². The Morgan fingerprint density at radius 3 is 2.54 bits per heavy atom. The van der Waals surface area contributed by atoms with Crippen LogP contribution in [0, 0.1) is 11.6 Å². The second-order valence-electron chi connectivity index (χ2n) is 5.85. The van der Waals surface area contributed by atoms with Crippen LogP contribution in [0.1, 0.15) is 11.1 Å². The Bertz CT molecular complexity index is 1070. The van der Waals surface area contributed by atoms with Gasteiger partial charge < -0.3 is 4.57 Å². The first-order chi connectivity index (χ1) is 12.5. The maximum Gasteiger partial charge on any atom is 0.290 e. The first-order valence-corrected chi connectivity index (χ1v) is 8.59. The number of nitrogens with one attached hydrogen (secondary N) is 1. The van der Waals surface area contributed by atoms with Gasteiger partial charge in [-0.2, -0.15) is 0 Å². The number of hydrogen-bond acceptors (Lipinski definition) is 3. The molecule has 0 unspecified atom stereocenters. The van der Waals surface area contributed by atoms with Gasteiger partial charge in [-0.25, -0.2) is 8.78 Å². The number of fused-ring (bicyclic) bond motifs is 1. The van der Waals surface area contributed by atoms with Gasteiger partial charge in [0.05, 0.1) is 4.91 Å². The van der Waals surface area contributed by atoms with Crippen LogP contribution in [0.5, 0.6) is 0 Å². The standard InChI is InChI=1S/C19H12F2N2O2S/c20-13-6-11(7-14(21)9-13)10-23-5-4-15-12(2-1-3-16(15)23)8-17-18(24)22-19(25)26-17/h1-9H,10H2,(H,22,24,25). The minimum atomic E-state index is -0.615. The van der Waals surface area contributed by atoms with E-state index < -0.39 is 17.5 Å². The number of rotatable bonds is 3. The molecule has 3 aromatic rings. The Morgan fingerprint density at radius 1 is 1.08 bits per heavy atom. The summed E-state index contributed by atoms with van der Waals surface area (Å²) in [5, 5.41) is 2.71. The fourth-order valence-electron chi connectivity index (χ4n) is 2.97. The number of aromatic nitrogens is 1. The summed E-state index contributed by atoms with van der Waals surface area (Å²) in [5.74, 6) is -1.64. The van der Waals surface area contributed by atoms with Crippen LogP contribution in [0.4, 0.5) is 13.6 Å². The summed E-state index contributed by atoms with van der Waals surface area (Å²) in [6.07, 6.45) is 3.49. The lowest BCUT2D eigenvalue weighted by Crippen LogP contribution is -2.17. The summed E-state index contributed by atoms with van der Waals surface area (Å²) >= 11 is 0.861. The third-order valence-corrected chi connectivity index (χ3v) is 4.86. The van der Waals surface area contributed by atoms with Gasteiger partial charge in [0.2, 0.25) is 0 Å². The molecule has 0 atom stereocenters. The van der Waals surface area contributed by atoms with Gasteiger partial charge in [-0.15, -0.1) is 0 Å². The van der Waals surface area contributed by atoms with E-state index in [2.05, 4.69) is 5.32 Å². The highest BCUT2D eigenvalue weighted by Crippen LogP contribution is 2.29. The molecule has 2 heterocycles. The zero-order valence-corrected chi connectivity index (χ0v) is 14.1. The zero-order chi connectivity index (χ0) is 18.3. The Hall–Kier alpha value is -2.93. The predicted molar refractivity (Wildman–Crippen MR) is 96.5 cm³/mol. The van der Waals surface area contributed by atoms with E-state index in [1.54, 1.807) is 6.08 Å². The quantitative estimate of drug-likeness (QED) is 0.700. The molecule has 0 aliphatic carbocycles. The van der Waals surface area contributed by atoms with Gasteiger partial charge in [0.25, 0.3) is 11.1 Å². The van der Waals surface area contributed by atoms with E-state index in [1.807, 2.05) is 35.0 Å². The molecule has 1 aliphatic heterocycles. The highest BCUT2D eigenvalue weighted by molar-refractivity contribution is 8.18. The molecular formula is C19H12F2N2O2S. The monoisotopic (exact) mass is 370 g/mol. The van der Waals surface area contributed by atoms with Crippen LogP contribution >= 0.6 is 11.8 Å². The number of amides is 2. The third-order valence-electron chi connectivity index (χ3n) is 4.05. The van der Waals surface area contributed by atoms with E-state index >= 15 is 0 Å².